The van der Waals surface area contributed by atoms with Crippen LogP contribution in [-0.4, -0.2) is 52.7 Å². The third-order valence-electron chi connectivity index (χ3n) is 6.82. The van der Waals surface area contributed by atoms with E-state index in [2.05, 4.69) is 37.5 Å². The van der Waals surface area contributed by atoms with E-state index in [0.717, 1.165) is 44.0 Å². The Bertz CT molecular complexity index is 702. The molecule has 1 aliphatic heterocycles. The summed E-state index contributed by atoms with van der Waals surface area (Å²) in [5.74, 6) is 1.42. The second kappa shape index (κ2) is 9.63. The summed E-state index contributed by atoms with van der Waals surface area (Å²) < 4.78 is 2.13. The fraction of sp³-hybridized carbons (Fsp3) is 0.773. The van der Waals surface area contributed by atoms with E-state index in [-0.39, 0.29) is 12.0 Å². The molecule has 1 atom stereocenters. The van der Waals surface area contributed by atoms with Gasteiger partial charge in [0.1, 0.15) is 0 Å². The van der Waals surface area contributed by atoms with Crippen molar-refractivity contribution in [1.82, 2.24) is 25.3 Å². The highest BCUT2D eigenvalue weighted by Gasteiger charge is 2.31. The topological polar surface area (TPSA) is 74.6 Å². The van der Waals surface area contributed by atoms with E-state index in [4.69, 9.17) is 5.10 Å². The molecule has 1 amide bonds. The fourth-order valence-corrected chi connectivity index (χ4v) is 5.09. The van der Waals surface area contributed by atoms with Gasteiger partial charge in [0.2, 0.25) is 5.91 Å². The first kappa shape index (κ1) is 20.2. The smallest absolute Gasteiger partial charge is 0.225 e. The molecule has 3 aliphatic rings. The lowest BCUT2D eigenvalue weighted by Gasteiger charge is -2.26. The molecule has 2 saturated carbocycles. The molecule has 1 aromatic heterocycles. The summed E-state index contributed by atoms with van der Waals surface area (Å²) >= 11 is 0. The molecule has 160 valence electrons. The zero-order chi connectivity index (χ0) is 20.1. The molecular formula is C22H36N6O. The molecular weight excluding hydrogens is 364 g/mol. The summed E-state index contributed by atoms with van der Waals surface area (Å²) in [7, 11) is 1.80. The van der Waals surface area contributed by atoms with E-state index < -0.39 is 0 Å². The Hall–Kier alpha value is -2.05. The molecule has 2 N–H and O–H groups in total. The minimum Gasteiger partial charge on any atom is -0.352 e. The third-order valence-corrected chi connectivity index (χ3v) is 6.82. The summed E-state index contributed by atoms with van der Waals surface area (Å²) in [5.41, 5.74) is 1.04. The minimum absolute atomic E-state index is 0.259. The van der Waals surface area contributed by atoms with Gasteiger partial charge in [-0.05, 0) is 38.2 Å². The number of nitrogens with one attached hydrogen (secondary N) is 2. The second-order valence-corrected chi connectivity index (χ2v) is 8.90. The highest BCUT2D eigenvalue weighted by atomic mass is 16.2. The zero-order valence-corrected chi connectivity index (χ0v) is 17.8. The van der Waals surface area contributed by atoms with Crippen LogP contribution in [0.15, 0.2) is 17.3 Å². The largest absolute Gasteiger partial charge is 0.352 e. The lowest BCUT2D eigenvalue weighted by molar-refractivity contribution is -0.135. The predicted octanol–water partition coefficient (Wildman–Crippen LogP) is 2.84. The molecule has 2 aliphatic carbocycles. The lowest BCUT2D eigenvalue weighted by atomic mass is 9.88. The summed E-state index contributed by atoms with van der Waals surface area (Å²) in [6, 6.07) is 2.94. The van der Waals surface area contributed by atoms with Crippen molar-refractivity contribution in [2.75, 3.05) is 20.1 Å². The molecule has 1 unspecified atom stereocenters. The van der Waals surface area contributed by atoms with Crippen LogP contribution in [0.5, 0.6) is 0 Å². The minimum atomic E-state index is 0.259. The van der Waals surface area contributed by atoms with Crippen molar-refractivity contribution in [3.63, 3.8) is 0 Å². The molecule has 1 saturated heterocycles. The summed E-state index contributed by atoms with van der Waals surface area (Å²) in [6.07, 6.45) is 14.1. The predicted molar refractivity (Wildman–Crippen MR) is 115 cm³/mol. The molecule has 4 rings (SSSR count). The number of carbonyl (C=O) groups excluding carboxylic acids is 1. The number of rotatable bonds is 5. The summed E-state index contributed by atoms with van der Waals surface area (Å²) in [5, 5.41) is 11.6. The highest BCUT2D eigenvalue weighted by Crippen LogP contribution is 2.29. The highest BCUT2D eigenvalue weighted by molar-refractivity contribution is 5.81. The molecule has 7 heteroatoms. The number of guanidine groups is 1. The molecule has 0 aromatic carbocycles. The number of likely N-dealkylation sites (tertiary alicyclic amines) is 1. The van der Waals surface area contributed by atoms with Crippen LogP contribution in [0.3, 0.4) is 0 Å². The number of hydrogen-bond donors (Lipinski definition) is 2. The number of aromatic nitrogens is 2. The van der Waals surface area contributed by atoms with E-state index in [0.29, 0.717) is 18.5 Å². The number of hydrogen-bond acceptors (Lipinski definition) is 3. The Balaban J connectivity index is 1.23. The number of nitrogens with zero attached hydrogens (tertiary/aromatic N) is 4. The molecule has 2 heterocycles. The van der Waals surface area contributed by atoms with Crippen molar-refractivity contribution < 1.29 is 4.79 Å². The Labute approximate surface area is 174 Å². The molecule has 3 fully saturated rings. The maximum atomic E-state index is 12.8. The van der Waals surface area contributed by atoms with Gasteiger partial charge in [-0.15, -0.1) is 0 Å². The molecule has 0 radical (unpaired) electrons. The Kier molecular flexibility index (Phi) is 6.72. The fourth-order valence-electron chi connectivity index (χ4n) is 5.09. The van der Waals surface area contributed by atoms with Crippen molar-refractivity contribution in [3.8, 4) is 0 Å². The van der Waals surface area contributed by atoms with Crippen LogP contribution in [-0.2, 0) is 11.3 Å². The van der Waals surface area contributed by atoms with Gasteiger partial charge in [-0.2, -0.15) is 5.10 Å². The number of aliphatic imine (C=N–C) groups is 1. The van der Waals surface area contributed by atoms with E-state index in [1.54, 1.807) is 7.05 Å². The summed E-state index contributed by atoms with van der Waals surface area (Å²) in [4.78, 5) is 19.2. The Morgan fingerprint density at radius 1 is 1.14 bits per heavy atom. The van der Waals surface area contributed by atoms with Gasteiger partial charge in [0, 0.05) is 38.3 Å². The van der Waals surface area contributed by atoms with Crippen molar-refractivity contribution >= 4 is 11.9 Å². The first-order valence-corrected chi connectivity index (χ1v) is 11.5. The van der Waals surface area contributed by atoms with Crippen molar-refractivity contribution in [2.24, 2.45) is 10.9 Å². The molecule has 29 heavy (non-hydrogen) atoms. The van der Waals surface area contributed by atoms with Gasteiger partial charge < -0.3 is 15.5 Å². The molecule has 7 nitrogen and oxygen atoms in total. The van der Waals surface area contributed by atoms with Crippen molar-refractivity contribution in [2.45, 2.75) is 82.8 Å². The van der Waals surface area contributed by atoms with Crippen LogP contribution in [0.25, 0.3) is 0 Å². The zero-order valence-electron chi connectivity index (χ0n) is 17.8. The van der Waals surface area contributed by atoms with Crippen molar-refractivity contribution in [1.29, 1.82) is 0 Å². The number of amides is 1. The van der Waals surface area contributed by atoms with Crippen LogP contribution in [0.1, 0.15) is 75.9 Å². The van der Waals surface area contributed by atoms with E-state index in [9.17, 15) is 4.79 Å². The summed E-state index contributed by atoms with van der Waals surface area (Å²) in [6.45, 7) is 2.30. The molecule has 0 spiro atoms. The first-order chi connectivity index (χ1) is 14.2. The monoisotopic (exact) mass is 400 g/mol. The maximum absolute atomic E-state index is 12.8. The SMILES string of the molecule is CN=C(NCc1ccn(C2CCCC2)n1)NC1CCN(C(=O)C2CCCCC2)C1. The third kappa shape index (κ3) is 5.11. The number of carbonyl (C=O) groups is 1. The van der Waals surface area contributed by atoms with E-state index >= 15 is 0 Å². The first-order valence-electron chi connectivity index (χ1n) is 11.5. The van der Waals surface area contributed by atoms with Crippen LogP contribution in [0.2, 0.25) is 0 Å². The van der Waals surface area contributed by atoms with Crippen LogP contribution in [0.4, 0.5) is 0 Å². The van der Waals surface area contributed by atoms with Crippen LogP contribution >= 0.6 is 0 Å². The van der Waals surface area contributed by atoms with Gasteiger partial charge in [-0.1, -0.05) is 32.1 Å². The van der Waals surface area contributed by atoms with E-state index in [1.165, 1.54) is 44.9 Å². The van der Waals surface area contributed by atoms with Gasteiger partial charge in [0.25, 0.3) is 0 Å². The Morgan fingerprint density at radius 2 is 1.90 bits per heavy atom. The molecule has 0 bridgehead atoms. The van der Waals surface area contributed by atoms with Gasteiger partial charge >= 0.3 is 0 Å². The Morgan fingerprint density at radius 3 is 2.66 bits per heavy atom. The van der Waals surface area contributed by atoms with Gasteiger partial charge in [0.15, 0.2) is 5.96 Å². The van der Waals surface area contributed by atoms with E-state index in [1.807, 2.05) is 0 Å². The van der Waals surface area contributed by atoms with Crippen LogP contribution < -0.4 is 10.6 Å². The van der Waals surface area contributed by atoms with Crippen LogP contribution in [0, 0.1) is 5.92 Å². The molecule has 1 aromatic rings. The normalized spacial score (nSPS) is 24.2. The standard InChI is InChI=1S/C22H36N6O/c1-23-22(24-15-18-12-14-28(26-18)20-9-5-6-10-20)25-19-11-13-27(16-19)21(29)17-7-3-2-4-8-17/h12,14,17,19-20H,2-11,13,15-16H2,1H3,(H2,23,24,25). The average Bonchev–Trinajstić information content (AvgIpc) is 3.52. The lowest BCUT2D eigenvalue weighted by Crippen LogP contribution is -2.45. The maximum Gasteiger partial charge on any atom is 0.225 e. The average molecular weight is 401 g/mol. The second-order valence-electron chi connectivity index (χ2n) is 8.90. The van der Waals surface area contributed by atoms with Gasteiger partial charge in [-0.25, -0.2) is 0 Å². The van der Waals surface area contributed by atoms with Gasteiger partial charge in [-0.3, -0.25) is 14.5 Å². The van der Waals surface area contributed by atoms with Crippen molar-refractivity contribution in [3.05, 3.63) is 18.0 Å². The quantitative estimate of drug-likeness (QED) is 0.589. The van der Waals surface area contributed by atoms with Gasteiger partial charge in [0.05, 0.1) is 18.3 Å².